The molecule has 0 aromatic carbocycles. The molecule has 0 saturated heterocycles. The van der Waals surface area contributed by atoms with Crippen LogP contribution < -0.4 is 5.32 Å². The van der Waals surface area contributed by atoms with E-state index >= 15 is 0 Å². The van der Waals surface area contributed by atoms with Gasteiger partial charge in [-0.15, -0.1) is 0 Å². The lowest BCUT2D eigenvalue weighted by atomic mass is 10.2. The molecule has 8 heteroatoms. The zero-order valence-electron chi connectivity index (χ0n) is 14.3. The highest BCUT2D eigenvalue weighted by Crippen LogP contribution is 2.17. The number of nitrogens with zero attached hydrogens (tertiary/aromatic N) is 1. The topological polar surface area (TPSA) is 94.2 Å². The molecule has 0 aromatic rings. The first-order valence-electron chi connectivity index (χ1n) is 7.96. The molecule has 0 saturated carbocycles. The highest BCUT2D eigenvalue weighted by molar-refractivity contribution is 6.14. The van der Waals surface area contributed by atoms with E-state index in [1.165, 1.54) is 0 Å². The Kier molecular flexibility index (Phi) is 8.56. The molecular weight excluding hydrogens is 316 g/mol. The van der Waals surface area contributed by atoms with Gasteiger partial charge >= 0.3 is 18.0 Å². The number of carbonyl (C=O) groups excluding carboxylic acids is 3. The molecule has 1 N–H and O–H groups in total. The zero-order valence-corrected chi connectivity index (χ0v) is 14.3. The Morgan fingerprint density at radius 1 is 1.08 bits per heavy atom. The van der Waals surface area contributed by atoms with Crippen LogP contribution in [0.1, 0.15) is 27.2 Å². The number of nitrogens with one attached hydrogen (secondary N) is 1. The molecule has 8 nitrogen and oxygen atoms in total. The van der Waals surface area contributed by atoms with Crippen molar-refractivity contribution in [2.45, 2.75) is 27.2 Å². The molecule has 1 amide bonds. The summed E-state index contributed by atoms with van der Waals surface area (Å²) in [5, 5.41) is 3.12. The molecule has 1 rings (SSSR count). The van der Waals surface area contributed by atoms with Crippen LogP contribution in [0.4, 0.5) is 4.79 Å². The Hall–Kier alpha value is -2.35. The Labute approximate surface area is 141 Å². The molecule has 0 bridgehead atoms. The number of amides is 1. The van der Waals surface area contributed by atoms with Crippen molar-refractivity contribution in [1.82, 2.24) is 10.2 Å². The zero-order chi connectivity index (χ0) is 17.9. The molecule has 1 aliphatic rings. The molecule has 1 aliphatic heterocycles. The van der Waals surface area contributed by atoms with Crippen LogP contribution in [0.2, 0.25) is 0 Å². The maximum atomic E-state index is 12.2. The fraction of sp³-hybridized carbons (Fsp3) is 0.562. The standard InChI is InChI=1S/C16H24N2O6/c1-4-22-14(19)13(15(20)23-5-2)11-18(16(21)24-6-3)12-7-9-17-10-8-12/h7,11,17H,4-6,8-10H2,1-3H3. The first-order chi connectivity index (χ1) is 11.5. The number of ether oxygens (including phenoxy) is 3. The summed E-state index contributed by atoms with van der Waals surface area (Å²) in [6.07, 6.45) is 2.81. The van der Waals surface area contributed by atoms with Gasteiger partial charge < -0.3 is 19.5 Å². The predicted molar refractivity (Wildman–Crippen MR) is 85.8 cm³/mol. The van der Waals surface area contributed by atoms with Gasteiger partial charge in [0, 0.05) is 31.4 Å². The summed E-state index contributed by atoms with van der Waals surface area (Å²) < 4.78 is 14.8. The van der Waals surface area contributed by atoms with Gasteiger partial charge in [0.05, 0.1) is 19.8 Å². The van der Waals surface area contributed by atoms with E-state index in [-0.39, 0.29) is 25.4 Å². The summed E-state index contributed by atoms with van der Waals surface area (Å²) in [5.41, 5.74) is 0.282. The first-order valence-corrected chi connectivity index (χ1v) is 7.96. The van der Waals surface area contributed by atoms with E-state index in [1.807, 2.05) is 0 Å². The molecule has 0 spiro atoms. The summed E-state index contributed by atoms with van der Waals surface area (Å²) in [6.45, 7) is 6.54. The van der Waals surface area contributed by atoms with Crippen molar-refractivity contribution >= 4 is 18.0 Å². The molecule has 0 atom stereocenters. The highest BCUT2D eigenvalue weighted by Gasteiger charge is 2.26. The van der Waals surface area contributed by atoms with E-state index in [1.54, 1.807) is 26.8 Å². The second-order valence-corrected chi connectivity index (χ2v) is 4.70. The van der Waals surface area contributed by atoms with Crippen molar-refractivity contribution < 1.29 is 28.6 Å². The highest BCUT2D eigenvalue weighted by atomic mass is 16.6. The maximum absolute atomic E-state index is 12.2. The fourth-order valence-electron chi connectivity index (χ4n) is 2.01. The summed E-state index contributed by atoms with van der Waals surface area (Å²) >= 11 is 0. The minimum atomic E-state index is -0.847. The summed E-state index contributed by atoms with van der Waals surface area (Å²) in [7, 11) is 0. The van der Waals surface area contributed by atoms with Gasteiger partial charge in [0.2, 0.25) is 0 Å². The smallest absolute Gasteiger partial charge is 0.418 e. The van der Waals surface area contributed by atoms with Gasteiger partial charge in [0.25, 0.3) is 0 Å². The molecule has 134 valence electrons. The summed E-state index contributed by atoms with van der Waals surface area (Å²) in [5.74, 6) is -1.69. The fourth-order valence-corrected chi connectivity index (χ4v) is 2.01. The van der Waals surface area contributed by atoms with Gasteiger partial charge in [0.1, 0.15) is 0 Å². The van der Waals surface area contributed by atoms with E-state index in [0.717, 1.165) is 11.1 Å². The van der Waals surface area contributed by atoms with E-state index in [9.17, 15) is 14.4 Å². The normalized spacial score (nSPS) is 13.4. The van der Waals surface area contributed by atoms with E-state index in [4.69, 9.17) is 14.2 Å². The van der Waals surface area contributed by atoms with Crippen molar-refractivity contribution in [3.63, 3.8) is 0 Å². The first kappa shape index (κ1) is 19.7. The van der Waals surface area contributed by atoms with Gasteiger partial charge in [-0.05, 0) is 20.8 Å². The third-order valence-corrected chi connectivity index (χ3v) is 3.06. The predicted octanol–water partition coefficient (Wildman–Crippen LogP) is 1.33. The van der Waals surface area contributed by atoms with Crippen molar-refractivity contribution in [2.24, 2.45) is 0 Å². The Morgan fingerprint density at radius 3 is 2.12 bits per heavy atom. The van der Waals surface area contributed by atoms with Crippen LogP contribution in [-0.2, 0) is 23.8 Å². The van der Waals surface area contributed by atoms with Crippen LogP contribution in [0.3, 0.4) is 0 Å². The van der Waals surface area contributed by atoms with Gasteiger partial charge in [-0.2, -0.15) is 0 Å². The van der Waals surface area contributed by atoms with Crippen LogP contribution in [0.15, 0.2) is 23.5 Å². The number of hydrogen-bond donors (Lipinski definition) is 1. The number of esters is 2. The molecule has 0 radical (unpaired) electrons. The minimum Gasteiger partial charge on any atom is -0.462 e. The molecule has 1 heterocycles. The molecule has 0 fully saturated rings. The monoisotopic (exact) mass is 340 g/mol. The van der Waals surface area contributed by atoms with Gasteiger partial charge in [-0.1, -0.05) is 6.08 Å². The second-order valence-electron chi connectivity index (χ2n) is 4.70. The third-order valence-electron chi connectivity index (χ3n) is 3.06. The van der Waals surface area contributed by atoms with Gasteiger partial charge in [-0.25, -0.2) is 14.4 Å². The Balaban J connectivity index is 3.20. The lowest BCUT2D eigenvalue weighted by Crippen LogP contribution is -2.33. The van der Waals surface area contributed by atoms with E-state index < -0.39 is 18.0 Å². The van der Waals surface area contributed by atoms with Crippen LogP contribution in [-0.4, -0.2) is 55.8 Å². The lowest BCUT2D eigenvalue weighted by molar-refractivity contribution is -0.146. The Morgan fingerprint density at radius 2 is 1.67 bits per heavy atom. The van der Waals surface area contributed by atoms with Gasteiger partial charge in [-0.3, -0.25) is 4.90 Å². The van der Waals surface area contributed by atoms with Crippen LogP contribution in [0.25, 0.3) is 0 Å². The SMILES string of the molecule is CCOC(=O)C(=CN(C(=O)OCC)C1=CCNCC1)C(=O)OCC. The van der Waals surface area contributed by atoms with Gasteiger partial charge in [0.15, 0.2) is 5.57 Å². The van der Waals surface area contributed by atoms with E-state index in [0.29, 0.717) is 25.2 Å². The van der Waals surface area contributed by atoms with E-state index in [2.05, 4.69) is 5.32 Å². The molecule has 0 aliphatic carbocycles. The molecule has 0 aromatic heterocycles. The largest absolute Gasteiger partial charge is 0.462 e. The molecular formula is C16H24N2O6. The van der Waals surface area contributed by atoms with Crippen molar-refractivity contribution in [2.75, 3.05) is 32.9 Å². The average molecular weight is 340 g/mol. The number of carbonyl (C=O) groups is 3. The van der Waals surface area contributed by atoms with Crippen molar-refractivity contribution in [1.29, 1.82) is 0 Å². The molecule has 24 heavy (non-hydrogen) atoms. The van der Waals surface area contributed by atoms with Crippen LogP contribution in [0, 0.1) is 0 Å². The van der Waals surface area contributed by atoms with Crippen molar-refractivity contribution in [3.8, 4) is 0 Å². The summed E-state index contributed by atoms with van der Waals surface area (Å²) in [6, 6.07) is 0. The van der Waals surface area contributed by atoms with Crippen LogP contribution >= 0.6 is 0 Å². The quantitative estimate of drug-likeness (QED) is 0.246. The minimum absolute atomic E-state index is 0.0988. The number of hydrogen-bond acceptors (Lipinski definition) is 7. The molecule has 0 unspecified atom stereocenters. The van der Waals surface area contributed by atoms with Crippen molar-refractivity contribution in [3.05, 3.63) is 23.5 Å². The maximum Gasteiger partial charge on any atom is 0.418 e. The Bertz CT molecular complexity index is 507. The third kappa shape index (κ3) is 5.69. The lowest BCUT2D eigenvalue weighted by Gasteiger charge is -2.24. The second kappa shape index (κ2) is 10.4. The summed E-state index contributed by atoms with van der Waals surface area (Å²) in [4.78, 5) is 37.5. The number of rotatable bonds is 7. The average Bonchev–Trinajstić information content (AvgIpc) is 2.57. The van der Waals surface area contributed by atoms with Crippen LogP contribution in [0.5, 0.6) is 0 Å².